The molecule has 1 aromatic heterocycles. The molecule has 19 heavy (non-hydrogen) atoms. The van der Waals surface area contributed by atoms with Crippen molar-refractivity contribution < 1.29 is 14.7 Å². The number of hydrogen-bond donors (Lipinski definition) is 2. The molecular weight excluding hydrogens is 264 g/mol. The molecule has 0 saturated carbocycles. The first kappa shape index (κ1) is 14.0. The Morgan fingerprint density at radius 1 is 1.58 bits per heavy atom. The van der Waals surface area contributed by atoms with Gasteiger partial charge in [-0.3, -0.25) is 4.79 Å². The van der Waals surface area contributed by atoms with Crippen molar-refractivity contribution in [2.24, 2.45) is 5.92 Å². The average Bonchev–Trinajstić information content (AvgIpc) is 2.95. The summed E-state index contributed by atoms with van der Waals surface area (Å²) in [6.07, 6.45) is 1.60. The fraction of sp³-hybridized carbons (Fsp3) is 0.538. The summed E-state index contributed by atoms with van der Waals surface area (Å²) in [6.45, 7) is 3.61. The molecule has 1 fully saturated rings. The molecule has 104 valence electrons. The highest BCUT2D eigenvalue weighted by Crippen LogP contribution is 2.29. The monoisotopic (exact) mass is 282 g/mol. The Bertz CT molecular complexity index is 498. The lowest BCUT2D eigenvalue weighted by atomic mass is 10.1. The third kappa shape index (κ3) is 3.13. The van der Waals surface area contributed by atoms with E-state index >= 15 is 0 Å². The molecule has 1 unspecified atom stereocenters. The highest BCUT2D eigenvalue weighted by atomic mass is 32.1. The van der Waals surface area contributed by atoms with Crippen LogP contribution in [0.2, 0.25) is 0 Å². The number of rotatable bonds is 4. The van der Waals surface area contributed by atoms with Gasteiger partial charge in [-0.15, -0.1) is 11.3 Å². The number of carbonyl (C=O) groups is 2. The molecule has 1 aliphatic rings. The first-order valence-electron chi connectivity index (χ1n) is 6.36. The maximum absolute atomic E-state index is 12.1. The van der Waals surface area contributed by atoms with E-state index in [0.717, 1.165) is 30.8 Å². The first-order valence-corrected chi connectivity index (χ1v) is 7.18. The second-order valence-corrected chi connectivity index (χ2v) is 5.99. The molecule has 1 aromatic rings. The van der Waals surface area contributed by atoms with Gasteiger partial charge >= 0.3 is 5.97 Å². The van der Waals surface area contributed by atoms with Crippen LogP contribution in [0.5, 0.6) is 0 Å². The van der Waals surface area contributed by atoms with Crippen LogP contribution in [0.4, 0.5) is 5.00 Å². The summed E-state index contributed by atoms with van der Waals surface area (Å²) < 4.78 is 0. The maximum atomic E-state index is 12.1. The summed E-state index contributed by atoms with van der Waals surface area (Å²) in [5.41, 5.74) is 0.196. The highest BCUT2D eigenvalue weighted by Gasteiger charge is 2.27. The lowest BCUT2D eigenvalue weighted by Gasteiger charge is -2.10. The molecule has 0 aliphatic carbocycles. The summed E-state index contributed by atoms with van der Waals surface area (Å²) in [7, 11) is 1.98. The number of carboxylic acid groups (broad SMARTS) is 1. The lowest BCUT2D eigenvalue weighted by Crippen LogP contribution is -2.25. The average molecular weight is 282 g/mol. The van der Waals surface area contributed by atoms with Gasteiger partial charge in [0.1, 0.15) is 5.00 Å². The van der Waals surface area contributed by atoms with Gasteiger partial charge < -0.3 is 15.3 Å². The number of amides is 1. The van der Waals surface area contributed by atoms with E-state index in [1.165, 1.54) is 11.3 Å². The van der Waals surface area contributed by atoms with E-state index in [4.69, 9.17) is 5.11 Å². The summed E-state index contributed by atoms with van der Waals surface area (Å²) in [5.74, 6) is -1.11. The van der Waals surface area contributed by atoms with Gasteiger partial charge in [-0.05, 0) is 32.5 Å². The van der Waals surface area contributed by atoms with E-state index in [0.29, 0.717) is 5.00 Å². The second-order valence-electron chi connectivity index (χ2n) is 4.85. The summed E-state index contributed by atoms with van der Waals surface area (Å²) in [6, 6.07) is 1.64. The van der Waals surface area contributed by atoms with Crippen LogP contribution in [0, 0.1) is 5.92 Å². The van der Waals surface area contributed by atoms with Crippen molar-refractivity contribution in [1.82, 2.24) is 4.90 Å². The van der Waals surface area contributed by atoms with Gasteiger partial charge in [-0.25, -0.2) is 4.79 Å². The molecule has 1 atom stereocenters. The Morgan fingerprint density at radius 3 is 2.84 bits per heavy atom. The quantitative estimate of drug-likeness (QED) is 0.885. The standard InChI is InChI=1S/C13H18N2O3S/c1-3-9-6-10(13(17)18)12(19-9)14-11(16)8-4-5-15(2)7-8/h6,8H,3-5,7H2,1-2H3,(H,14,16)(H,17,18). The van der Waals surface area contributed by atoms with Crippen molar-refractivity contribution in [1.29, 1.82) is 0 Å². The molecule has 1 saturated heterocycles. The van der Waals surface area contributed by atoms with Gasteiger partial charge in [0, 0.05) is 11.4 Å². The molecule has 1 amide bonds. The van der Waals surface area contributed by atoms with Gasteiger partial charge in [0.2, 0.25) is 5.91 Å². The molecule has 0 spiro atoms. The molecule has 2 rings (SSSR count). The molecular formula is C13H18N2O3S. The Labute approximate surface area is 116 Å². The number of nitrogens with zero attached hydrogens (tertiary/aromatic N) is 1. The van der Waals surface area contributed by atoms with Crippen LogP contribution in [-0.2, 0) is 11.2 Å². The van der Waals surface area contributed by atoms with E-state index in [2.05, 4.69) is 10.2 Å². The van der Waals surface area contributed by atoms with Crippen molar-refractivity contribution >= 4 is 28.2 Å². The predicted molar refractivity (Wildman–Crippen MR) is 74.9 cm³/mol. The lowest BCUT2D eigenvalue weighted by molar-refractivity contribution is -0.119. The van der Waals surface area contributed by atoms with Crippen LogP contribution in [0.1, 0.15) is 28.6 Å². The maximum Gasteiger partial charge on any atom is 0.338 e. The van der Waals surface area contributed by atoms with Crippen LogP contribution in [0.15, 0.2) is 6.07 Å². The number of aryl methyl sites for hydroxylation is 1. The minimum Gasteiger partial charge on any atom is -0.478 e. The zero-order chi connectivity index (χ0) is 14.0. The van der Waals surface area contributed by atoms with E-state index in [1.54, 1.807) is 6.07 Å². The molecule has 2 N–H and O–H groups in total. The summed E-state index contributed by atoms with van der Waals surface area (Å²) in [5, 5.41) is 12.4. The van der Waals surface area contributed by atoms with Crippen molar-refractivity contribution in [2.45, 2.75) is 19.8 Å². The molecule has 0 radical (unpaired) electrons. The summed E-state index contributed by atoms with van der Waals surface area (Å²) >= 11 is 1.35. The molecule has 2 heterocycles. The van der Waals surface area contributed by atoms with E-state index in [-0.39, 0.29) is 17.4 Å². The largest absolute Gasteiger partial charge is 0.478 e. The van der Waals surface area contributed by atoms with E-state index < -0.39 is 5.97 Å². The normalized spacial score (nSPS) is 19.6. The van der Waals surface area contributed by atoms with Crippen molar-refractivity contribution in [2.75, 3.05) is 25.5 Å². The van der Waals surface area contributed by atoms with Crippen molar-refractivity contribution in [3.05, 3.63) is 16.5 Å². The second kappa shape index (κ2) is 5.71. The minimum absolute atomic E-state index is 0.0428. The Kier molecular flexibility index (Phi) is 4.21. The number of carboxylic acids is 1. The minimum atomic E-state index is -0.991. The molecule has 5 nitrogen and oxygen atoms in total. The van der Waals surface area contributed by atoms with E-state index in [1.807, 2.05) is 14.0 Å². The van der Waals surface area contributed by atoms with E-state index in [9.17, 15) is 9.59 Å². The smallest absolute Gasteiger partial charge is 0.338 e. The molecule has 0 bridgehead atoms. The fourth-order valence-electron chi connectivity index (χ4n) is 2.23. The zero-order valence-corrected chi connectivity index (χ0v) is 11.9. The van der Waals surface area contributed by atoms with Gasteiger partial charge in [-0.1, -0.05) is 6.92 Å². The zero-order valence-electron chi connectivity index (χ0n) is 11.1. The predicted octanol–water partition coefficient (Wildman–Crippen LogP) is 1.90. The number of hydrogen-bond acceptors (Lipinski definition) is 4. The number of likely N-dealkylation sites (tertiary alicyclic amines) is 1. The molecule has 6 heteroatoms. The van der Waals surface area contributed by atoms with Crippen LogP contribution >= 0.6 is 11.3 Å². The Balaban J connectivity index is 2.11. The topological polar surface area (TPSA) is 69.6 Å². The Morgan fingerprint density at radius 2 is 2.32 bits per heavy atom. The number of anilines is 1. The van der Waals surface area contributed by atoms with Crippen LogP contribution in [0.25, 0.3) is 0 Å². The first-order chi connectivity index (χ1) is 9.01. The van der Waals surface area contributed by atoms with Gasteiger partial charge in [0.15, 0.2) is 0 Å². The fourth-order valence-corrected chi connectivity index (χ4v) is 3.22. The molecule has 0 aromatic carbocycles. The van der Waals surface area contributed by atoms with Gasteiger partial charge in [0.05, 0.1) is 11.5 Å². The van der Waals surface area contributed by atoms with Crippen molar-refractivity contribution in [3.8, 4) is 0 Å². The number of carbonyl (C=O) groups excluding carboxylic acids is 1. The van der Waals surface area contributed by atoms with Gasteiger partial charge in [0.25, 0.3) is 0 Å². The number of nitrogens with one attached hydrogen (secondary N) is 1. The van der Waals surface area contributed by atoms with Crippen LogP contribution < -0.4 is 5.32 Å². The van der Waals surface area contributed by atoms with Crippen LogP contribution in [-0.4, -0.2) is 42.0 Å². The SMILES string of the molecule is CCc1cc(C(=O)O)c(NC(=O)C2CCN(C)C2)s1. The van der Waals surface area contributed by atoms with Gasteiger partial charge in [-0.2, -0.15) is 0 Å². The highest BCUT2D eigenvalue weighted by molar-refractivity contribution is 7.16. The third-order valence-electron chi connectivity index (χ3n) is 3.36. The van der Waals surface area contributed by atoms with Crippen LogP contribution in [0.3, 0.4) is 0 Å². The van der Waals surface area contributed by atoms with Crippen molar-refractivity contribution in [3.63, 3.8) is 0 Å². The molecule has 1 aliphatic heterocycles. The summed E-state index contributed by atoms with van der Waals surface area (Å²) in [4.78, 5) is 26.3. The number of thiophene rings is 1. The third-order valence-corrected chi connectivity index (χ3v) is 4.56. The number of aromatic carboxylic acids is 1. The Hall–Kier alpha value is -1.40.